The van der Waals surface area contributed by atoms with Crippen molar-refractivity contribution < 1.29 is 14.3 Å². The molecule has 2 N–H and O–H groups in total. The van der Waals surface area contributed by atoms with Gasteiger partial charge in [0.25, 0.3) is 0 Å². The minimum absolute atomic E-state index is 0. The molecule has 1 aromatic heterocycles. The molecule has 170 valence electrons. The van der Waals surface area contributed by atoms with Crippen molar-refractivity contribution >= 4 is 36.0 Å². The molecule has 9 heteroatoms. The summed E-state index contributed by atoms with van der Waals surface area (Å²) in [6, 6.07) is 5.71. The summed E-state index contributed by atoms with van der Waals surface area (Å²) in [6.07, 6.45) is -0.535. The lowest BCUT2D eigenvalue weighted by Gasteiger charge is -2.35. The Hall–Kier alpha value is -1.62. The number of hydrogen-bond acceptors (Lipinski definition) is 5. The highest BCUT2D eigenvalue weighted by Crippen LogP contribution is 2.33. The van der Waals surface area contributed by atoms with Crippen molar-refractivity contribution in [2.24, 2.45) is 4.99 Å². The van der Waals surface area contributed by atoms with Crippen molar-refractivity contribution in [2.75, 3.05) is 13.6 Å². The highest BCUT2D eigenvalue weighted by atomic mass is 127. The van der Waals surface area contributed by atoms with E-state index in [9.17, 15) is 4.79 Å². The number of nitrogens with zero attached hydrogens (tertiary/aromatic N) is 3. The summed E-state index contributed by atoms with van der Waals surface area (Å²) in [5, 5.41) is 6.55. The fourth-order valence-electron chi connectivity index (χ4n) is 3.42. The van der Waals surface area contributed by atoms with Crippen molar-refractivity contribution in [2.45, 2.75) is 78.5 Å². The van der Waals surface area contributed by atoms with E-state index in [0.717, 1.165) is 11.4 Å². The predicted octanol–water partition coefficient (Wildman–Crippen LogP) is 3.43. The molecule has 1 fully saturated rings. The maximum atomic E-state index is 12.8. The number of amides is 1. The summed E-state index contributed by atoms with van der Waals surface area (Å²) in [6.45, 7) is 14.3. The van der Waals surface area contributed by atoms with Crippen molar-refractivity contribution in [3.8, 4) is 0 Å². The van der Waals surface area contributed by atoms with Gasteiger partial charge >= 0.3 is 6.09 Å². The molecule has 1 aliphatic rings. The average molecular weight is 533 g/mol. The number of pyridine rings is 1. The summed E-state index contributed by atoms with van der Waals surface area (Å²) >= 11 is 0. The van der Waals surface area contributed by atoms with E-state index >= 15 is 0 Å². The van der Waals surface area contributed by atoms with Gasteiger partial charge in [0.05, 0.1) is 24.4 Å². The molecule has 8 nitrogen and oxygen atoms in total. The molecule has 2 atom stereocenters. The van der Waals surface area contributed by atoms with E-state index in [1.54, 1.807) is 11.9 Å². The number of aromatic nitrogens is 1. The lowest BCUT2D eigenvalue weighted by atomic mass is 10.1. The van der Waals surface area contributed by atoms with Crippen molar-refractivity contribution in [1.29, 1.82) is 0 Å². The maximum absolute atomic E-state index is 12.8. The fraction of sp³-hybridized carbons (Fsp3) is 0.667. The Bertz CT molecular complexity index is 748. The van der Waals surface area contributed by atoms with Crippen molar-refractivity contribution in [3.63, 3.8) is 0 Å². The summed E-state index contributed by atoms with van der Waals surface area (Å²) in [5.41, 5.74) is 0.577. The van der Waals surface area contributed by atoms with Gasteiger partial charge in [-0.05, 0) is 60.6 Å². The zero-order chi connectivity index (χ0) is 21.8. The Morgan fingerprint density at radius 3 is 2.57 bits per heavy atom. The van der Waals surface area contributed by atoms with E-state index in [1.807, 2.05) is 66.7 Å². The molecule has 0 aromatic carbocycles. The molecular formula is C21H36IN5O3. The van der Waals surface area contributed by atoms with Crippen LogP contribution in [0.3, 0.4) is 0 Å². The highest BCUT2D eigenvalue weighted by Gasteiger charge is 2.49. The summed E-state index contributed by atoms with van der Waals surface area (Å²) in [4.78, 5) is 23.3. The van der Waals surface area contributed by atoms with E-state index in [-0.39, 0.29) is 42.2 Å². The van der Waals surface area contributed by atoms with Crippen LogP contribution in [0.1, 0.15) is 52.9 Å². The first-order valence-corrected chi connectivity index (χ1v) is 10.00. The van der Waals surface area contributed by atoms with E-state index < -0.39 is 11.3 Å². The monoisotopic (exact) mass is 533 g/mol. The molecule has 2 rings (SSSR count). The van der Waals surface area contributed by atoms with Gasteiger partial charge in [-0.15, -0.1) is 24.0 Å². The zero-order valence-electron chi connectivity index (χ0n) is 19.3. The van der Waals surface area contributed by atoms with Gasteiger partial charge in [0.1, 0.15) is 11.3 Å². The van der Waals surface area contributed by atoms with Gasteiger partial charge in [-0.3, -0.25) is 14.9 Å². The summed E-state index contributed by atoms with van der Waals surface area (Å²) in [7, 11) is 1.71. The third kappa shape index (κ3) is 7.26. The highest BCUT2D eigenvalue weighted by molar-refractivity contribution is 14.0. The fourth-order valence-corrected chi connectivity index (χ4v) is 3.42. The molecule has 0 radical (unpaired) electrons. The number of aryl methyl sites for hydroxylation is 1. The molecule has 0 bridgehead atoms. The Balaban J connectivity index is 0.00000450. The van der Waals surface area contributed by atoms with Gasteiger partial charge in [-0.25, -0.2) is 4.79 Å². The number of guanidine groups is 1. The van der Waals surface area contributed by atoms with Crippen LogP contribution in [0.4, 0.5) is 4.79 Å². The van der Waals surface area contributed by atoms with E-state index in [2.05, 4.69) is 20.6 Å². The normalized spacial score (nSPS) is 21.1. The van der Waals surface area contributed by atoms with Crippen LogP contribution >= 0.6 is 24.0 Å². The number of carbonyl (C=O) groups is 1. The Kier molecular flexibility index (Phi) is 9.34. The molecule has 0 saturated carbocycles. The lowest BCUT2D eigenvalue weighted by molar-refractivity contribution is -0.0755. The van der Waals surface area contributed by atoms with Gasteiger partial charge in [-0.2, -0.15) is 0 Å². The minimum Gasteiger partial charge on any atom is -0.444 e. The minimum atomic E-state index is -0.753. The summed E-state index contributed by atoms with van der Waals surface area (Å²) < 4.78 is 11.6. The lowest BCUT2D eigenvalue weighted by Crippen LogP contribution is -2.54. The van der Waals surface area contributed by atoms with Crippen LogP contribution in [0.25, 0.3) is 0 Å². The van der Waals surface area contributed by atoms with E-state index in [4.69, 9.17) is 9.47 Å². The van der Waals surface area contributed by atoms with Crippen LogP contribution in [0.2, 0.25) is 0 Å². The third-order valence-electron chi connectivity index (χ3n) is 4.60. The standard InChI is InChI=1S/C21H35N5O3.HI/c1-14-10-9-11-16(25-14)12-23-18(22-8)24-13-17-15(2)28-21(6,7)26(17)19(27)29-20(3,4)5;/h9-11,15,17H,12-13H2,1-8H3,(H2,22,23,24);1H. The van der Waals surface area contributed by atoms with Gasteiger partial charge in [0, 0.05) is 19.3 Å². The second-order valence-electron chi connectivity index (χ2n) is 8.76. The number of rotatable bonds is 4. The average Bonchev–Trinajstić information content (AvgIpc) is 2.81. The molecule has 1 saturated heterocycles. The Labute approximate surface area is 197 Å². The molecule has 2 unspecified atom stereocenters. The number of aliphatic imine (C=N–C) groups is 1. The second kappa shape index (κ2) is 10.6. The molecule has 1 amide bonds. The first-order chi connectivity index (χ1) is 13.4. The van der Waals surface area contributed by atoms with Crippen LogP contribution in [0, 0.1) is 6.92 Å². The van der Waals surface area contributed by atoms with Crippen LogP contribution in [0.15, 0.2) is 23.2 Å². The number of carbonyl (C=O) groups excluding carboxylic acids is 1. The number of halogens is 1. The molecule has 2 heterocycles. The molecule has 1 aliphatic heterocycles. The Morgan fingerprint density at radius 1 is 1.33 bits per heavy atom. The SMILES string of the molecule is CN=C(NCc1cccc(C)n1)NCC1C(C)OC(C)(C)N1C(=O)OC(C)(C)C.I. The third-order valence-corrected chi connectivity index (χ3v) is 4.60. The molecule has 1 aromatic rings. The van der Waals surface area contributed by atoms with Gasteiger partial charge in [-0.1, -0.05) is 6.07 Å². The Morgan fingerprint density at radius 2 is 2.00 bits per heavy atom. The quantitative estimate of drug-likeness (QED) is 0.351. The van der Waals surface area contributed by atoms with Crippen LogP contribution < -0.4 is 10.6 Å². The van der Waals surface area contributed by atoms with Crippen LogP contribution in [-0.2, 0) is 16.0 Å². The van der Waals surface area contributed by atoms with Crippen molar-refractivity contribution in [3.05, 3.63) is 29.6 Å². The molecule has 30 heavy (non-hydrogen) atoms. The topological polar surface area (TPSA) is 88.1 Å². The second-order valence-corrected chi connectivity index (χ2v) is 8.76. The smallest absolute Gasteiger partial charge is 0.412 e. The first-order valence-electron chi connectivity index (χ1n) is 10.00. The van der Waals surface area contributed by atoms with E-state index in [0.29, 0.717) is 19.0 Å². The van der Waals surface area contributed by atoms with Gasteiger partial charge in [0.2, 0.25) is 0 Å². The van der Waals surface area contributed by atoms with Crippen molar-refractivity contribution in [1.82, 2.24) is 20.5 Å². The molecular weight excluding hydrogens is 497 g/mol. The predicted molar refractivity (Wildman–Crippen MR) is 129 cm³/mol. The van der Waals surface area contributed by atoms with Gasteiger partial charge in [0.15, 0.2) is 5.96 Å². The molecule has 0 spiro atoms. The van der Waals surface area contributed by atoms with E-state index in [1.165, 1.54) is 0 Å². The maximum Gasteiger partial charge on any atom is 0.412 e. The zero-order valence-corrected chi connectivity index (χ0v) is 21.6. The molecule has 0 aliphatic carbocycles. The summed E-state index contributed by atoms with van der Waals surface area (Å²) in [5.74, 6) is 0.634. The van der Waals surface area contributed by atoms with Crippen LogP contribution in [0.5, 0.6) is 0 Å². The number of nitrogens with one attached hydrogen (secondary N) is 2. The number of ether oxygens (including phenoxy) is 2. The number of hydrogen-bond donors (Lipinski definition) is 2. The van der Waals surface area contributed by atoms with Crippen LogP contribution in [-0.4, -0.2) is 59.0 Å². The van der Waals surface area contributed by atoms with Gasteiger partial charge < -0.3 is 20.1 Å². The largest absolute Gasteiger partial charge is 0.444 e. The first kappa shape index (κ1) is 26.4.